The van der Waals surface area contributed by atoms with Crippen molar-refractivity contribution in [1.82, 2.24) is 4.57 Å². The summed E-state index contributed by atoms with van der Waals surface area (Å²) in [5, 5.41) is 0. The molecule has 5 aromatic rings. The van der Waals surface area contributed by atoms with E-state index in [0.717, 1.165) is 106 Å². The van der Waals surface area contributed by atoms with E-state index in [4.69, 9.17) is 56.8 Å². The molecular weight excluding hydrogens is 1430 g/mol. The average molecular weight is 1580 g/mol. The van der Waals surface area contributed by atoms with E-state index in [1.165, 1.54) is 72.8 Å². The van der Waals surface area contributed by atoms with Crippen LogP contribution in [0.25, 0.3) is 0 Å². The Bertz CT molecular complexity index is 3260. The molecule has 0 fully saturated rings. The molecule has 0 aliphatic carbocycles. The van der Waals surface area contributed by atoms with Crippen LogP contribution in [0.1, 0.15) is 140 Å². The number of ether oxygens (including phenoxy) is 12. The monoisotopic (exact) mass is 1580 g/mol. The highest BCUT2D eigenvalue weighted by Crippen LogP contribution is 2.26. The first-order valence-electron chi connectivity index (χ1n) is 36.6. The van der Waals surface area contributed by atoms with Gasteiger partial charge in [-0.3, -0.25) is 38.4 Å². The lowest BCUT2D eigenvalue weighted by molar-refractivity contribution is -0.903. The highest BCUT2D eigenvalue weighted by atomic mass is 16.6. The Morgan fingerprint density at radius 1 is 0.339 bits per heavy atom. The molecular formula is C87H141N5O20. The minimum Gasteiger partial charge on any atom is -0.465 e. The number of imidazole rings is 1. The van der Waals surface area contributed by atoms with Crippen molar-refractivity contribution in [3.8, 4) is 0 Å². The van der Waals surface area contributed by atoms with Crippen LogP contribution in [-0.2, 0) is 155 Å². The number of aromatic nitrogens is 2. The lowest BCUT2D eigenvalue weighted by Gasteiger charge is -2.29. The van der Waals surface area contributed by atoms with Crippen LogP contribution in [-0.4, -0.2) is 209 Å². The fourth-order valence-electron chi connectivity index (χ4n) is 11.6. The zero-order chi connectivity index (χ0) is 81.4. The molecule has 25 heteroatoms. The summed E-state index contributed by atoms with van der Waals surface area (Å²) in [6, 6.07) is 32.2. The van der Waals surface area contributed by atoms with Crippen LogP contribution in [0.2, 0.25) is 0 Å². The van der Waals surface area contributed by atoms with E-state index < -0.39 is 69.4 Å². The molecule has 25 nitrogen and oxygen atoms in total. The van der Waals surface area contributed by atoms with E-state index in [1.54, 1.807) is 27.7 Å². The molecule has 1 heterocycles. The number of quaternary nitrogens is 3. The standard InChI is InChI=1S/3C21H34NO5.C20H27N2O5.4CH3/c3*1-7-12-22(4,5)13-18-8-10-19(11-9-18)14-26-20(24)21(3,15-25-6)16-27-17(2)23;1-16(23)27-14-20(2,13-25-4)19(24)26-12-18-7-5-17(6-8-18)11-22-10-9-21(3)15-22;;;;/h3*8-11H,7,12-16H2,1-6H3;5-10,15H,11-14H2,1-4H3;4*1H3/q4*+1;4*-1. The van der Waals surface area contributed by atoms with Gasteiger partial charge in [-0.05, 0) is 74.8 Å². The fraction of sp³-hybridized carbons (Fsp3) is 0.552. The van der Waals surface area contributed by atoms with E-state index in [0.29, 0.717) is 0 Å². The number of rotatable bonds is 42. The number of benzene rings is 4. The van der Waals surface area contributed by atoms with Crippen molar-refractivity contribution in [2.75, 3.05) is 143 Å². The van der Waals surface area contributed by atoms with Crippen LogP contribution < -0.4 is 4.57 Å². The summed E-state index contributed by atoms with van der Waals surface area (Å²) in [7, 11) is 21.3. The maximum absolute atomic E-state index is 12.5. The average Bonchev–Trinajstić information content (AvgIpc) is 1.02. The molecule has 0 saturated heterocycles. The minimum absolute atomic E-state index is 0. The van der Waals surface area contributed by atoms with E-state index >= 15 is 0 Å². The Balaban J connectivity index is -0.00000140. The summed E-state index contributed by atoms with van der Waals surface area (Å²) < 4.78 is 69.0. The van der Waals surface area contributed by atoms with Crippen molar-refractivity contribution >= 4 is 47.8 Å². The number of nitrogens with zero attached hydrogens (tertiary/aromatic N) is 5. The molecule has 5 rings (SSSR count). The summed E-state index contributed by atoms with van der Waals surface area (Å²) in [6.45, 7) is 26.3. The Labute approximate surface area is 672 Å². The van der Waals surface area contributed by atoms with Gasteiger partial charge in [-0.1, -0.05) is 118 Å². The van der Waals surface area contributed by atoms with Gasteiger partial charge in [-0.15, -0.1) is 0 Å². The Morgan fingerprint density at radius 2 is 0.545 bits per heavy atom. The van der Waals surface area contributed by atoms with Crippen molar-refractivity contribution < 1.29 is 113 Å². The number of hydrogen-bond donors (Lipinski definition) is 0. The lowest BCUT2D eigenvalue weighted by atomic mass is 9.93. The molecule has 0 bridgehead atoms. The predicted octanol–water partition coefficient (Wildman–Crippen LogP) is 12.2. The van der Waals surface area contributed by atoms with Crippen molar-refractivity contribution in [3.63, 3.8) is 0 Å². The van der Waals surface area contributed by atoms with E-state index in [2.05, 4.69) is 104 Å². The second-order valence-electron chi connectivity index (χ2n) is 30.9. The summed E-state index contributed by atoms with van der Waals surface area (Å²) in [5.41, 5.74) is 4.43. The molecule has 0 spiro atoms. The van der Waals surface area contributed by atoms with E-state index in [1.807, 2.05) is 91.0 Å². The van der Waals surface area contributed by atoms with Crippen LogP contribution in [0, 0.1) is 51.4 Å². The maximum atomic E-state index is 12.5. The summed E-state index contributed by atoms with van der Waals surface area (Å²) >= 11 is 0. The second kappa shape index (κ2) is 53.6. The third-order valence-corrected chi connectivity index (χ3v) is 17.3. The van der Waals surface area contributed by atoms with Gasteiger partial charge in [0.15, 0.2) is 0 Å². The first-order valence-corrected chi connectivity index (χ1v) is 36.6. The molecule has 0 saturated carbocycles. The summed E-state index contributed by atoms with van der Waals surface area (Å²) in [5.74, 6) is -3.58. The quantitative estimate of drug-likeness (QED) is 0.0116. The molecule has 4 unspecified atom stereocenters. The van der Waals surface area contributed by atoms with Gasteiger partial charge in [0.05, 0.1) is 95.4 Å². The Kier molecular flexibility index (Phi) is 51.5. The molecule has 4 atom stereocenters. The first kappa shape index (κ1) is 108. The van der Waals surface area contributed by atoms with Crippen molar-refractivity contribution in [2.24, 2.45) is 28.7 Å². The molecule has 0 amide bonds. The number of aryl methyl sites for hydroxylation is 1. The molecule has 1 aromatic heterocycles. The van der Waals surface area contributed by atoms with Crippen LogP contribution >= 0.6 is 0 Å². The summed E-state index contributed by atoms with van der Waals surface area (Å²) in [4.78, 5) is 94.1. The van der Waals surface area contributed by atoms with Gasteiger partial charge in [-0.25, -0.2) is 9.13 Å². The normalized spacial score (nSPS) is 13.1. The first-order chi connectivity index (χ1) is 50.7. The Hall–Kier alpha value is -8.43. The largest absolute Gasteiger partial charge is 0.465 e. The zero-order valence-corrected chi connectivity index (χ0v) is 72.9. The SMILES string of the molecule is CCC[N+](C)(C)Cc1ccc(COC(=O)C(C)(COC)COC(C)=O)cc1.CCC[N+](C)(C)Cc1ccc(COC(=O)C(C)(COC)COC(C)=O)cc1.CCC[N+](C)(C)Cc1ccc(COC(=O)C(C)(COC)COC(C)=O)cc1.COCC(C)(COC(C)=O)C(=O)OCc1ccc(Cn2cc[n+](C)c2)cc1.[CH3-].[CH3-].[CH3-].[CH3-]. The highest BCUT2D eigenvalue weighted by Gasteiger charge is 2.40. The molecule has 0 N–H and O–H groups in total. The topological polar surface area (TPSA) is 256 Å². The smallest absolute Gasteiger partial charge is 0.317 e. The number of methoxy groups -OCH3 is 4. The third-order valence-electron chi connectivity index (χ3n) is 17.3. The molecule has 634 valence electrons. The van der Waals surface area contributed by atoms with E-state index in [9.17, 15) is 38.4 Å². The minimum atomic E-state index is -1.04. The molecule has 0 aliphatic rings. The molecule has 0 aliphatic heterocycles. The maximum Gasteiger partial charge on any atom is 0.317 e. The highest BCUT2D eigenvalue weighted by molar-refractivity contribution is 5.79. The van der Waals surface area contributed by atoms with Gasteiger partial charge < -0.3 is 100.0 Å². The van der Waals surface area contributed by atoms with Crippen LogP contribution in [0.3, 0.4) is 0 Å². The summed E-state index contributed by atoms with van der Waals surface area (Å²) in [6.07, 6.45) is 9.45. The van der Waals surface area contributed by atoms with Crippen LogP contribution in [0.5, 0.6) is 0 Å². The molecule has 0 radical (unpaired) electrons. The fourth-order valence-corrected chi connectivity index (χ4v) is 11.6. The number of esters is 8. The van der Waals surface area contributed by atoms with Crippen LogP contribution in [0.4, 0.5) is 0 Å². The van der Waals surface area contributed by atoms with Gasteiger partial charge in [0.1, 0.15) is 113 Å². The van der Waals surface area contributed by atoms with Gasteiger partial charge in [0, 0.05) is 72.8 Å². The van der Waals surface area contributed by atoms with Gasteiger partial charge >= 0.3 is 47.8 Å². The van der Waals surface area contributed by atoms with Gasteiger partial charge in [0.2, 0.25) is 6.33 Å². The molecule has 4 aromatic carbocycles. The lowest BCUT2D eigenvalue weighted by Crippen LogP contribution is -2.39. The third kappa shape index (κ3) is 42.4. The van der Waals surface area contributed by atoms with Gasteiger partial charge in [-0.2, -0.15) is 0 Å². The molecule has 112 heavy (non-hydrogen) atoms. The van der Waals surface area contributed by atoms with Crippen molar-refractivity contribution in [2.45, 2.75) is 148 Å². The van der Waals surface area contributed by atoms with Crippen molar-refractivity contribution in [1.29, 1.82) is 0 Å². The van der Waals surface area contributed by atoms with Gasteiger partial charge in [0.25, 0.3) is 0 Å². The van der Waals surface area contributed by atoms with E-state index in [-0.39, 0.29) is 109 Å². The second-order valence-corrected chi connectivity index (χ2v) is 30.9. The Morgan fingerprint density at radius 3 is 0.723 bits per heavy atom. The number of hydrogen-bond acceptors (Lipinski definition) is 20. The zero-order valence-electron chi connectivity index (χ0n) is 72.9. The number of carbonyl (C=O) groups excluding carboxylic acids is 8. The van der Waals surface area contributed by atoms with Crippen molar-refractivity contribution in [3.05, 3.63) is 190 Å². The number of carbonyl (C=O) groups is 8. The predicted molar refractivity (Wildman–Crippen MR) is 435 cm³/mol. The van der Waals surface area contributed by atoms with Crippen LogP contribution in [0.15, 0.2) is 116 Å².